The van der Waals surface area contributed by atoms with Gasteiger partial charge in [-0.1, -0.05) is 6.07 Å². The highest BCUT2D eigenvalue weighted by Gasteiger charge is 2.37. The van der Waals surface area contributed by atoms with Gasteiger partial charge < -0.3 is 9.51 Å². The molecule has 2 rings (SSSR count). The Morgan fingerprint density at radius 2 is 2.33 bits per heavy atom. The summed E-state index contributed by atoms with van der Waals surface area (Å²) < 4.78 is 15.3. The predicted octanol–water partition coefficient (Wildman–Crippen LogP) is 1.60. The van der Waals surface area contributed by atoms with Gasteiger partial charge in [0, 0.05) is 6.20 Å². The number of fused-ring (bicyclic) bond motifs is 1. The first-order chi connectivity index (χ1) is 7.03. The summed E-state index contributed by atoms with van der Waals surface area (Å²) >= 11 is 0. The van der Waals surface area contributed by atoms with E-state index in [9.17, 15) is 9.18 Å². The Hall–Kier alpha value is -1.91. The molecule has 2 aromatic rings. The largest absolute Gasteiger partial charge is 0.479 e. The number of pyridine rings is 1. The highest BCUT2D eigenvalue weighted by molar-refractivity contribution is 5.78. The Balaban J connectivity index is 2.67. The quantitative estimate of drug-likeness (QED) is 0.815. The third-order valence-corrected chi connectivity index (χ3v) is 2.30. The number of hydrogen-bond acceptors (Lipinski definition) is 2. The van der Waals surface area contributed by atoms with E-state index in [-0.39, 0.29) is 5.69 Å². The van der Waals surface area contributed by atoms with Crippen molar-refractivity contribution in [2.75, 3.05) is 0 Å². The summed E-state index contributed by atoms with van der Waals surface area (Å²) in [6.45, 7) is 1.01. The van der Waals surface area contributed by atoms with Crippen LogP contribution in [0.1, 0.15) is 12.6 Å². The molecule has 0 aliphatic carbocycles. The molecule has 78 valence electrons. The summed E-state index contributed by atoms with van der Waals surface area (Å²) in [4.78, 5) is 14.7. The number of imidazole rings is 1. The number of halogens is 1. The number of aromatic nitrogens is 2. The minimum Gasteiger partial charge on any atom is -0.479 e. The molecule has 0 fully saturated rings. The van der Waals surface area contributed by atoms with E-state index in [2.05, 4.69) is 4.98 Å². The van der Waals surface area contributed by atoms with Gasteiger partial charge >= 0.3 is 5.97 Å². The lowest BCUT2D eigenvalue weighted by Crippen LogP contribution is -2.28. The lowest BCUT2D eigenvalue weighted by molar-refractivity contribution is -0.150. The molecule has 1 unspecified atom stereocenters. The van der Waals surface area contributed by atoms with E-state index in [1.54, 1.807) is 24.4 Å². The number of alkyl halides is 1. The van der Waals surface area contributed by atoms with Gasteiger partial charge in [-0.05, 0) is 19.1 Å². The van der Waals surface area contributed by atoms with Crippen molar-refractivity contribution < 1.29 is 14.3 Å². The molecule has 5 heteroatoms. The summed E-state index contributed by atoms with van der Waals surface area (Å²) in [5.74, 6) is -1.52. The van der Waals surface area contributed by atoms with Gasteiger partial charge in [-0.25, -0.2) is 14.2 Å². The van der Waals surface area contributed by atoms with Crippen LogP contribution in [0, 0.1) is 0 Å². The SMILES string of the molecule is CC(F)(C(=O)O)c1cnc2ccccn12. The zero-order chi connectivity index (χ0) is 11.1. The number of nitrogens with zero attached hydrogens (tertiary/aromatic N) is 2. The first-order valence-corrected chi connectivity index (χ1v) is 4.38. The molecule has 0 bridgehead atoms. The highest BCUT2D eigenvalue weighted by atomic mass is 19.1. The van der Waals surface area contributed by atoms with Gasteiger partial charge in [0.15, 0.2) is 0 Å². The van der Waals surface area contributed by atoms with Gasteiger partial charge in [0.05, 0.1) is 11.9 Å². The van der Waals surface area contributed by atoms with Crippen LogP contribution in [0.4, 0.5) is 4.39 Å². The molecule has 0 saturated carbocycles. The molecule has 0 aliphatic heterocycles. The summed E-state index contributed by atoms with van der Waals surface area (Å²) in [7, 11) is 0. The van der Waals surface area contributed by atoms with Crippen molar-refractivity contribution in [1.82, 2.24) is 9.38 Å². The first kappa shape index (κ1) is 9.64. The number of rotatable bonds is 2. The van der Waals surface area contributed by atoms with E-state index < -0.39 is 11.6 Å². The average Bonchev–Trinajstić information content (AvgIpc) is 2.61. The zero-order valence-electron chi connectivity index (χ0n) is 8.01. The van der Waals surface area contributed by atoms with Gasteiger partial charge in [-0.3, -0.25) is 0 Å². The maximum atomic E-state index is 13.8. The molecule has 4 nitrogen and oxygen atoms in total. The Morgan fingerprint density at radius 3 is 3.00 bits per heavy atom. The minimum atomic E-state index is -2.43. The smallest absolute Gasteiger partial charge is 0.347 e. The van der Waals surface area contributed by atoms with E-state index >= 15 is 0 Å². The minimum absolute atomic E-state index is 0.0191. The normalized spacial score (nSPS) is 15.1. The number of carbonyl (C=O) groups is 1. The maximum Gasteiger partial charge on any atom is 0.347 e. The average molecular weight is 208 g/mol. The summed E-state index contributed by atoms with van der Waals surface area (Å²) in [6.07, 6.45) is 2.82. The molecule has 2 aromatic heterocycles. The second-order valence-corrected chi connectivity index (χ2v) is 3.38. The van der Waals surface area contributed by atoms with Gasteiger partial charge in [-0.2, -0.15) is 0 Å². The third-order valence-electron chi connectivity index (χ3n) is 2.30. The van der Waals surface area contributed by atoms with Crippen LogP contribution in [-0.2, 0) is 10.5 Å². The topological polar surface area (TPSA) is 54.6 Å². The molecule has 0 radical (unpaired) electrons. The van der Waals surface area contributed by atoms with Crippen LogP contribution >= 0.6 is 0 Å². The monoisotopic (exact) mass is 208 g/mol. The van der Waals surface area contributed by atoms with E-state index in [0.29, 0.717) is 5.65 Å². The Bertz CT molecular complexity index is 519. The Kier molecular flexibility index (Phi) is 1.96. The zero-order valence-corrected chi connectivity index (χ0v) is 8.01. The maximum absolute atomic E-state index is 13.8. The van der Waals surface area contributed by atoms with E-state index in [4.69, 9.17) is 5.11 Å². The second-order valence-electron chi connectivity index (χ2n) is 3.38. The Morgan fingerprint density at radius 1 is 1.60 bits per heavy atom. The van der Waals surface area contributed by atoms with Gasteiger partial charge in [0.2, 0.25) is 5.67 Å². The van der Waals surface area contributed by atoms with Crippen LogP contribution in [0.25, 0.3) is 5.65 Å². The molecular weight excluding hydrogens is 199 g/mol. The van der Waals surface area contributed by atoms with E-state index in [1.807, 2.05) is 0 Å². The Labute approximate surface area is 85.0 Å². The molecular formula is C10H9FN2O2. The van der Waals surface area contributed by atoms with Crippen molar-refractivity contribution in [2.45, 2.75) is 12.6 Å². The van der Waals surface area contributed by atoms with Crippen molar-refractivity contribution >= 4 is 11.6 Å². The van der Waals surface area contributed by atoms with Crippen LogP contribution in [0.3, 0.4) is 0 Å². The summed E-state index contributed by atoms with van der Waals surface area (Å²) in [5, 5.41) is 8.76. The fourth-order valence-corrected chi connectivity index (χ4v) is 1.39. The fourth-order valence-electron chi connectivity index (χ4n) is 1.39. The summed E-state index contributed by atoms with van der Waals surface area (Å²) in [6, 6.07) is 5.12. The van der Waals surface area contributed by atoms with Crippen LogP contribution in [0.15, 0.2) is 30.6 Å². The van der Waals surface area contributed by atoms with Crippen LogP contribution in [0.2, 0.25) is 0 Å². The molecule has 0 amide bonds. The lowest BCUT2D eigenvalue weighted by Gasteiger charge is -2.13. The summed E-state index contributed by atoms with van der Waals surface area (Å²) in [5.41, 5.74) is -1.89. The van der Waals surface area contributed by atoms with Crippen LogP contribution in [0.5, 0.6) is 0 Å². The molecule has 1 atom stereocenters. The molecule has 1 N–H and O–H groups in total. The standard InChI is InChI=1S/C10H9FN2O2/c1-10(11,9(14)15)7-6-12-8-4-2-3-5-13(7)8/h2-6H,1H3,(H,14,15). The van der Waals surface area contributed by atoms with Crippen molar-refractivity contribution in [3.8, 4) is 0 Å². The van der Waals surface area contributed by atoms with Crippen molar-refractivity contribution in [1.29, 1.82) is 0 Å². The van der Waals surface area contributed by atoms with Gasteiger partial charge in [0.25, 0.3) is 0 Å². The van der Waals surface area contributed by atoms with Crippen molar-refractivity contribution in [3.05, 3.63) is 36.3 Å². The van der Waals surface area contributed by atoms with Crippen molar-refractivity contribution in [2.24, 2.45) is 0 Å². The van der Waals surface area contributed by atoms with Crippen LogP contribution < -0.4 is 0 Å². The van der Waals surface area contributed by atoms with Crippen LogP contribution in [-0.4, -0.2) is 20.5 Å². The van der Waals surface area contributed by atoms with Crippen molar-refractivity contribution in [3.63, 3.8) is 0 Å². The lowest BCUT2D eigenvalue weighted by atomic mass is 10.1. The van der Waals surface area contributed by atoms with E-state index in [0.717, 1.165) is 6.92 Å². The number of aliphatic carboxylic acids is 1. The predicted molar refractivity (Wildman–Crippen MR) is 51.3 cm³/mol. The first-order valence-electron chi connectivity index (χ1n) is 4.38. The number of carboxylic acids is 1. The number of carboxylic acid groups (broad SMARTS) is 1. The van der Waals surface area contributed by atoms with Gasteiger partial charge in [-0.15, -0.1) is 0 Å². The molecule has 0 aliphatic rings. The fraction of sp³-hybridized carbons (Fsp3) is 0.200. The molecule has 0 spiro atoms. The number of hydrogen-bond donors (Lipinski definition) is 1. The molecule has 0 saturated heterocycles. The second kappa shape index (κ2) is 3.05. The third kappa shape index (κ3) is 1.36. The van der Waals surface area contributed by atoms with Gasteiger partial charge in [0.1, 0.15) is 5.65 Å². The molecule has 15 heavy (non-hydrogen) atoms. The molecule has 2 heterocycles. The molecule has 0 aromatic carbocycles. The highest BCUT2D eigenvalue weighted by Crippen LogP contribution is 2.26. The van der Waals surface area contributed by atoms with E-state index in [1.165, 1.54) is 10.6 Å².